The van der Waals surface area contributed by atoms with Crippen LogP contribution in [0.2, 0.25) is 10.0 Å². The molecule has 0 bridgehead atoms. The molecule has 1 aliphatic heterocycles. The van der Waals surface area contributed by atoms with E-state index in [1.165, 1.54) is 0 Å². The summed E-state index contributed by atoms with van der Waals surface area (Å²) in [6.07, 6.45) is 1.63. The SMILES string of the molecule is Oc1cc2ccccc2cc1/C1=N/N=C/c2cc(Br)ccc2[O][Sn]([CH2]c2ccccc2Cl)([CH2]c2ccccc2Cl)[O]1. The van der Waals surface area contributed by atoms with Gasteiger partial charge in [0.25, 0.3) is 0 Å². The van der Waals surface area contributed by atoms with Crippen molar-refractivity contribution in [1.29, 1.82) is 0 Å². The summed E-state index contributed by atoms with van der Waals surface area (Å²) >= 11 is 12.5. The van der Waals surface area contributed by atoms with E-state index in [1.807, 2.05) is 97.1 Å². The molecular formula is C32H23BrCl2N2O3Sn. The minimum absolute atomic E-state index is 0.0350. The molecule has 41 heavy (non-hydrogen) atoms. The van der Waals surface area contributed by atoms with E-state index in [4.69, 9.17) is 29.4 Å². The summed E-state index contributed by atoms with van der Waals surface area (Å²) < 4.78 is 15.8. The van der Waals surface area contributed by atoms with Crippen LogP contribution in [0.25, 0.3) is 10.8 Å². The fourth-order valence-electron chi connectivity index (χ4n) is 4.85. The molecule has 0 atom stereocenters. The van der Waals surface area contributed by atoms with Crippen molar-refractivity contribution in [2.45, 2.75) is 8.87 Å². The zero-order chi connectivity index (χ0) is 28.4. The van der Waals surface area contributed by atoms with E-state index in [0.717, 1.165) is 31.9 Å². The molecule has 1 aliphatic rings. The Morgan fingerprint density at radius 2 is 1.34 bits per heavy atom. The van der Waals surface area contributed by atoms with Gasteiger partial charge in [-0.1, -0.05) is 0 Å². The third-order valence-corrected chi connectivity index (χ3v) is 16.6. The second kappa shape index (κ2) is 12.1. The zero-order valence-corrected chi connectivity index (χ0v) is 27.6. The topological polar surface area (TPSA) is 63.4 Å². The predicted octanol–water partition coefficient (Wildman–Crippen LogP) is 8.81. The van der Waals surface area contributed by atoms with Crippen molar-refractivity contribution in [2.75, 3.05) is 0 Å². The number of hydrogen-bond acceptors (Lipinski definition) is 5. The molecule has 0 amide bonds. The first-order valence-electron chi connectivity index (χ1n) is 12.9. The molecule has 6 rings (SSSR count). The zero-order valence-electron chi connectivity index (χ0n) is 21.6. The Hall–Kier alpha value is -3.04. The van der Waals surface area contributed by atoms with Crippen molar-refractivity contribution in [1.82, 2.24) is 0 Å². The molecule has 0 radical (unpaired) electrons. The van der Waals surface area contributed by atoms with Crippen molar-refractivity contribution in [2.24, 2.45) is 10.2 Å². The van der Waals surface area contributed by atoms with Gasteiger partial charge in [-0.3, -0.25) is 0 Å². The number of benzene rings is 5. The molecule has 5 nitrogen and oxygen atoms in total. The van der Waals surface area contributed by atoms with Crippen LogP contribution in [0.3, 0.4) is 0 Å². The van der Waals surface area contributed by atoms with Gasteiger partial charge >= 0.3 is 263 Å². The van der Waals surface area contributed by atoms with Gasteiger partial charge in [0, 0.05) is 0 Å². The Labute approximate surface area is 261 Å². The van der Waals surface area contributed by atoms with Gasteiger partial charge in [0.1, 0.15) is 0 Å². The summed E-state index contributed by atoms with van der Waals surface area (Å²) in [5, 5.41) is 23.1. The number of aromatic hydroxyl groups is 1. The van der Waals surface area contributed by atoms with Crippen LogP contribution in [0.15, 0.2) is 118 Å². The number of hydrogen-bond donors (Lipinski definition) is 1. The summed E-state index contributed by atoms with van der Waals surface area (Å²) in [4.78, 5) is 0. The third-order valence-electron chi connectivity index (χ3n) is 6.83. The first-order chi connectivity index (χ1) is 19.9. The maximum absolute atomic E-state index is 11.2. The summed E-state index contributed by atoms with van der Waals surface area (Å²) in [6.45, 7) is 0. The quantitative estimate of drug-likeness (QED) is 0.183. The molecule has 1 N–H and O–H groups in total. The van der Waals surface area contributed by atoms with Gasteiger partial charge in [-0.05, 0) is 0 Å². The Morgan fingerprint density at radius 3 is 2.00 bits per heavy atom. The van der Waals surface area contributed by atoms with Crippen LogP contribution in [0.4, 0.5) is 0 Å². The van der Waals surface area contributed by atoms with Crippen molar-refractivity contribution < 1.29 is 11.3 Å². The van der Waals surface area contributed by atoms with Crippen molar-refractivity contribution >= 4 is 81.2 Å². The average molecular weight is 753 g/mol. The molecule has 9 heteroatoms. The van der Waals surface area contributed by atoms with E-state index in [1.54, 1.807) is 12.3 Å². The minimum atomic E-state index is -4.50. The molecule has 0 saturated carbocycles. The Bertz CT molecular complexity index is 1780. The van der Waals surface area contributed by atoms with E-state index in [0.29, 0.717) is 30.2 Å². The number of rotatable bonds is 5. The normalized spacial score (nSPS) is 16.2. The van der Waals surface area contributed by atoms with Crippen LogP contribution in [0.1, 0.15) is 22.3 Å². The number of nitrogens with zero attached hydrogens (tertiary/aromatic N) is 2. The molecule has 0 unspecified atom stereocenters. The summed E-state index contributed by atoms with van der Waals surface area (Å²) in [7, 11) is 0. The van der Waals surface area contributed by atoms with Gasteiger partial charge in [-0.25, -0.2) is 0 Å². The van der Waals surface area contributed by atoms with Gasteiger partial charge in [0.2, 0.25) is 0 Å². The standard InChI is InChI=1S/C18H13BrN2O3.2C7H6Cl.Sn/c19-14-5-6-16(22)13(7-14)10-20-21-18(24)15-8-11-3-1-2-4-12(11)9-17(15)23;2*1-6-4-2-3-5-7(6)8;/h1-10,22-23H,(H,21,24);2*2-5H,1H2;/q;;;+2/p-2/b20-10+;;;. The molecule has 1 heterocycles. The fraction of sp³-hybridized carbons (Fsp3) is 0.0625. The van der Waals surface area contributed by atoms with Crippen LogP contribution in [0, 0.1) is 0 Å². The first kappa shape index (κ1) is 28.1. The average Bonchev–Trinajstić information content (AvgIpc) is 3.03. The predicted molar refractivity (Wildman–Crippen MR) is 172 cm³/mol. The van der Waals surface area contributed by atoms with Gasteiger partial charge in [0.15, 0.2) is 0 Å². The molecular weight excluding hydrogens is 730 g/mol. The van der Waals surface area contributed by atoms with Crippen LogP contribution < -0.4 is 3.07 Å². The molecule has 5 aromatic rings. The van der Waals surface area contributed by atoms with E-state index in [9.17, 15) is 5.11 Å². The second-order valence-corrected chi connectivity index (χ2v) is 19.8. The number of halogens is 3. The number of phenols is 1. The van der Waals surface area contributed by atoms with E-state index in [-0.39, 0.29) is 11.6 Å². The fourth-order valence-corrected chi connectivity index (χ4v) is 15.8. The number of fused-ring (bicyclic) bond motifs is 2. The molecule has 0 aliphatic carbocycles. The first-order valence-corrected chi connectivity index (χ1v) is 20.8. The number of phenolic OH excluding ortho intramolecular Hbond substituents is 1. The maximum atomic E-state index is 11.2. The molecule has 0 fully saturated rings. The molecule has 204 valence electrons. The van der Waals surface area contributed by atoms with Gasteiger partial charge < -0.3 is 0 Å². The van der Waals surface area contributed by atoms with Crippen LogP contribution in [0.5, 0.6) is 11.5 Å². The Morgan fingerprint density at radius 1 is 0.732 bits per heavy atom. The van der Waals surface area contributed by atoms with Crippen molar-refractivity contribution in [3.63, 3.8) is 0 Å². The third kappa shape index (κ3) is 6.26. The van der Waals surface area contributed by atoms with E-state index in [2.05, 4.69) is 26.1 Å². The van der Waals surface area contributed by atoms with E-state index < -0.39 is 19.2 Å². The molecule has 0 spiro atoms. The second-order valence-electron chi connectivity index (χ2n) is 9.70. The van der Waals surface area contributed by atoms with Crippen LogP contribution >= 0.6 is 39.1 Å². The Balaban J connectivity index is 1.57. The van der Waals surface area contributed by atoms with Gasteiger partial charge in [-0.2, -0.15) is 0 Å². The summed E-state index contributed by atoms with van der Waals surface area (Å²) in [6, 6.07) is 32.5. The van der Waals surface area contributed by atoms with Crippen molar-refractivity contribution in [3.8, 4) is 11.5 Å². The Kier molecular flexibility index (Phi) is 8.26. The van der Waals surface area contributed by atoms with Gasteiger partial charge in [-0.15, -0.1) is 0 Å². The molecule has 5 aromatic carbocycles. The van der Waals surface area contributed by atoms with Gasteiger partial charge in [0.05, 0.1) is 0 Å². The molecule has 0 aromatic heterocycles. The van der Waals surface area contributed by atoms with Crippen LogP contribution in [-0.4, -0.2) is 36.4 Å². The molecule has 0 saturated heterocycles. The summed E-state index contributed by atoms with van der Waals surface area (Å²) in [5.74, 6) is 0.852. The monoisotopic (exact) mass is 752 g/mol. The summed E-state index contributed by atoms with van der Waals surface area (Å²) in [5.41, 5.74) is 2.97. The van der Waals surface area contributed by atoms with Crippen LogP contribution in [-0.2, 0) is 11.9 Å². The van der Waals surface area contributed by atoms with E-state index >= 15 is 0 Å². The van der Waals surface area contributed by atoms with Crippen molar-refractivity contribution in [3.05, 3.63) is 140 Å².